The minimum Gasteiger partial charge on any atom is -0.353 e. The Morgan fingerprint density at radius 2 is 2.12 bits per heavy atom. The van der Waals surface area contributed by atoms with Gasteiger partial charge >= 0.3 is 0 Å². The maximum absolute atomic E-state index is 12.0. The van der Waals surface area contributed by atoms with Gasteiger partial charge in [-0.2, -0.15) is 0 Å². The van der Waals surface area contributed by atoms with Gasteiger partial charge in [-0.25, -0.2) is 0 Å². The minimum atomic E-state index is -0.449. The highest BCUT2D eigenvalue weighted by molar-refractivity contribution is 7.99. The number of amides is 1. The predicted octanol–water partition coefficient (Wildman–Crippen LogP) is 3.05. The monoisotopic (exact) mass is 375 g/mol. The van der Waals surface area contributed by atoms with Crippen LogP contribution in [0.5, 0.6) is 0 Å². The van der Waals surface area contributed by atoms with E-state index in [1.807, 2.05) is 18.4 Å². The van der Waals surface area contributed by atoms with E-state index in [1.165, 1.54) is 23.9 Å². The van der Waals surface area contributed by atoms with Crippen LogP contribution in [-0.4, -0.2) is 37.4 Å². The van der Waals surface area contributed by atoms with Gasteiger partial charge in [0.25, 0.3) is 5.69 Å². The fourth-order valence-electron chi connectivity index (χ4n) is 2.18. The minimum absolute atomic E-state index is 0.0137. The summed E-state index contributed by atoms with van der Waals surface area (Å²) in [7, 11) is 0. The smallest absolute Gasteiger partial charge is 0.269 e. The molecular formula is C17H21N5O3S. The van der Waals surface area contributed by atoms with Crippen molar-refractivity contribution < 1.29 is 9.72 Å². The number of non-ortho nitro benzene ring substituents is 1. The number of hydrogen-bond donors (Lipinski definition) is 1. The van der Waals surface area contributed by atoms with Crippen LogP contribution in [0.4, 0.5) is 5.69 Å². The zero-order valence-electron chi connectivity index (χ0n) is 14.7. The molecule has 8 nitrogen and oxygen atoms in total. The molecule has 2 aromatic rings. The van der Waals surface area contributed by atoms with Crippen molar-refractivity contribution in [2.45, 2.75) is 38.0 Å². The van der Waals surface area contributed by atoms with Gasteiger partial charge in [-0.15, -0.1) is 16.8 Å². The number of nitrogens with one attached hydrogen (secondary N) is 1. The third kappa shape index (κ3) is 4.92. The molecule has 1 aromatic carbocycles. The van der Waals surface area contributed by atoms with Gasteiger partial charge in [-0.3, -0.25) is 19.5 Å². The molecule has 9 heteroatoms. The number of rotatable bonds is 9. The summed E-state index contributed by atoms with van der Waals surface area (Å²) in [5.74, 6) is 0.749. The topological polar surface area (TPSA) is 103 Å². The lowest BCUT2D eigenvalue weighted by Gasteiger charge is -2.11. The molecule has 0 bridgehead atoms. The number of benzene rings is 1. The highest BCUT2D eigenvalue weighted by atomic mass is 32.2. The van der Waals surface area contributed by atoms with Crippen molar-refractivity contribution in [2.24, 2.45) is 0 Å². The number of nitrogens with zero attached hydrogens (tertiary/aromatic N) is 4. The van der Waals surface area contributed by atoms with E-state index in [4.69, 9.17) is 0 Å². The summed E-state index contributed by atoms with van der Waals surface area (Å²) >= 11 is 1.29. The number of carbonyl (C=O) groups is 1. The number of aromatic nitrogens is 3. The molecule has 0 fully saturated rings. The van der Waals surface area contributed by atoms with E-state index in [0.717, 1.165) is 6.42 Å². The molecule has 0 aliphatic rings. The van der Waals surface area contributed by atoms with Crippen LogP contribution in [-0.2, 0) is 11.3 Å². The number of allylic oxidation sites excluding steroid dienone is 1. The Hall–Kier alpha value is -2.68. The fraction of sp³-hybridized carbons (Fsp3) is 0.353. The van der Waals surface area contributed by atoms with E-state index in [2.05, 4.69) is 22.1 Å². The number of nitro benzene ring substituents is 1. The SMILES string of the molecule is C=CCn1c(SCC(=O)N[C@H](C)CC)nnc1-c1ccc([N+](=O)[O-])cc1. The van der Waals surface area contributed by atoms with Crippen molar-refractivity contribution in [3.8, 4) is 11.4 Å². The Balaban J connectivity index is 2.18. The second kappa shape index (κ2) is 9.14. The lowest BCUT2D eigenvalue weighted by molar-refractivity contribution is -0.384. The van der Waals surface area contributed by atoms with Gasteiger partial charge in [-0.1, -0.05) is 24.8 Å². The highest BCUT2D eigenvalue weighted by Crippen LogP contribution is 2.25. The number of hydrogen-bond acceptors (Lipinski definition) is 6. The summed E-state index contributed by atoms with van der Waals surface area (Å²) in [6, 6.07) is 6.24. The molecule has 1 aromatic heterocycles. The zero-order chi connectivity index (χ0) is 19.1. The molecule has 1 amide bonds. The molecule has 2 rings (SSSR count). The lowest BCUT2D eigenvalue weighted by Crippen LogP contribution is -2.33. The van der Waals surface area contributed by atoms with Crippen LogP contribution in [0, 0.1) is 10.1 Å². The summed E-state index contributed by atoms with van der Waals surface area (Å²) in [5.41, 5.74) is 0.723. The first-order chi connectivity index (χ1) is 12.5. The Morgan fingerprint density at radius 3 is 2.69 bits per heavy atom. The number of carbonyl (C=O) groups excluding carboxylic acids is 1. The molecule has 0 saturated carbocycles. The Morgan fingerprint density at radius 1 is 1.42 bits per heavy atom. The first kappa shape index (κ1) is 19.6. The fourth-order valence-corrected chi connectivity index (χ4v) is 2.94. The first-order valence-corrected chi connectivity index (χ1v) is 9.15. The van der Waals surface area contributed by atoms with Gasteiger partial charge < -0.3 is 5.32 Å². The van der Waals surface area contributed by atoms with Crippen LogP contribution in [0.15, 0.2) is 42.1 Å². The summed E-state index contributed by atoms with van der Waals surface area (Å²) in [4.78, 5) is 22.3. The van der Waals surface area contributed by atoms with Crippen molar-refractivity contribution in [1.29, 1.82) is 0 Å². The van der Waals surface area contributed by atoms with Crippen molar-refractivity contribution in [3.05, 3.63) is 47.0 Å². The van der Waals surface area contributed by atoms with E-state index in [0.29, 0.717) is 23.1 Å². The normalized spacial score (nSPS) is 11.8. The van der Waals surface area contributed by atoms with Gasteiger partial charge in [0.2, 0.25) is 5.91 Å². The quantitative estimate of drug-likeness (QED) is 0.313. The predicted molar refractivity (Wildman–Crippen MR) is 101 cm³/mol. The molecule has 0 radical (unpaired) electrons. The van der Waals surface area contributed by atoms with E-state index in [-0.39, 0.29) is 23.4 Å². The highest BCUT2D eigenvalue weighted by Gasteiger charge is 2.16. The average Bonchev–Trinajstić information content (AvgIpc) is 3.03. The Kier molecular flexibility index (Phi) is 6.90. The van der Waals surface area contributed by atoms with Crippen LogP contribution in [0.1, 0.15) is 20.3 Å². The van der Waals surface area contributed by atoms with Crippen molar-refractivity contribution in [3.63, 3.8) is 0 Å². The number of nitro groups is 1. The van der Waals surface area contributed by atoms with Gasteiger partial charge in [0.1, 0.15) is 0 Å². The van der Waals surface area contributed by atoms with E-state index >= 15 is 0 Å². The summed E-state index contributed by atoms with van der Waals surface area (Å²) in [5, 5.41) is 22.6. The van der Waals surface area contributed by atoms with Gasteiger partial charge in [-0.05, 0) is 25.5 Å². The Labute approximate surface area is 155 Å². The molecule has 0 aliphatic carbocycles. The van der Waals surface area contributed by atoms with E-state index in [9.17, 15) is 14.9 Å². The van der Waals surface area contributed by atoms with Crippen molar-refractivity contribution >= 4 is 23.4 Å². The molecule has 26 heavy (non-hydrogen) atoms. The second-order valence-electron chi connectivity index (χ2n) is 5.67. The molecule has 0 aliphatic heterocycles. The zero-order valence-corrected chi connectivity index (χ0v) is 15.5. The maximum Gasteiger partial charge on any atom is 0.269 e. The third-order valence-electron chi connectivity index (χ3n) is 3.72. The molecule has 0 unspecified atom stereocenters. The number of thioether (sulfide) groups is 1. The summed E-state index contributed by atoms with van der Waals surface area (Å²) in [6.45, 7) is 8.17. The molecule has 1 atom stereocenters. The molecule has 0 spiro atoms. The second-order valence-corrected chi connectivity index (χ2v) is 6.62. The lowest BCUT2D eigenvalue weighted by atomic mass is 10.2. The van der Waals surface area contributed by atoms with Crippen LogP contribution < -0.4 is 5.32 Å². The van der Waals surface area contributed by atoms with E-state index in [1.54, 1.807) is 18.2 Å². The van der Waals surface area contributed by atoms with Gasteiger partial charge in [0.05, 0.1) is 10.7 Å². The van der Waals surface area contributed by atoms with Crippen LogP contribution in [0.25, 0.3) is 11.4 Å². The van der Waals surface area contributed by atoms with E-state index < -0.39 is 4.92 Å². The first-order valence-electron chi connectivity index (χ1n) is 8.17. The molecule has 138 valence electrons. The summed E-state index contributed by atoms with van der Waals surface area (Å²) in [6.07, 6.45) is 2.58. The van der Waals surface area contributed by atoms with Gasteiger partial charge in [0, 0.05) is 30.3 Å². The summed E-state index contributed by atoms with van der Waals surface area (Å²) < 4.78 is 1.83. The average molecular weight is 375 g/mol. The van der Waals surface area contributed by atoms with Crippen LogP contribution >= 0.6 is 11.8 Å². The molecule has 1 heterocycles. The van der Waals surface area contributed by atoms with Crippen molar-refractivity contribution in [2.75, 3.05) is 5.75 Å². The molecule has 0 saturated heterocycles. The Bertz CT molecular complexity index is 788. The molecule has 1 N–H and O–H groups in total. The maximum atomic E-state index is 12.0. The largest absolute Gasteiger partial charge is 0.353 e. The van der Waals surface area contributed by atoms with Crippen LogP contribution in [0.2, 0.25) is 0 Å². The van der Waals surface area contributed by atoms with Crippen molar-refractivity contribution in [1.82, 2.24) is 20.1 Å². The molecular weight excluding hydrogens is 354 g/mol. The van der Waals surface area contributed by atoms with Gasteiger partial charge in [0.15, 0.2) is 11.0 Å². The third-order valence-corrected chi connectivity index (χ3v) is 4.68. The van der Waals surface area contributed by atoms with Crippen LogP contribution in [0.3, 0.4) is 0 Å². The standard InChI is InChI=1S/C17H21N5O3S/c1-4-10-21-16(13-6-8-14(9-7-13)22(24)25)19-20-17(21)26-11-15(23)18-12(3)5-2/h4,6-9,12H,1,5,10-11H2,2-3H3,(H,18,23)/t12-/m1/s1.